The van der Waals surface area contributed by atoms with Crippen LogP contribution in [-0.4, -0.2) is 12.6 Å². The fourth-order valence-electron chi connectivity index (χ4n) is 1.76. The molecule has 1 aliphatic carbocycles. The summed E-state index contributed by atoms with van der Waals surface area (Å²) in [5, 5.41) is 4.40. The fourth-order valence-corrected chi connectivity index (χ4v) is 1.95. The number of nitrogens with one attached hydrogen (secondary N) is 1. The van der Waals surface area contributed by atoms with Crippen molar-refractivity contribution in [3.8, 4) is 0 Å². The van der Waals surface area contributed by atoms with Crippen LogP contribution in [0.2, 0.25) is 5.02 Å². The summed E-state index contributed by atoms with van der Waals surface area (Å²) in [6, 6.07) is 8.77. The summed E-state index contributed by atoms with van der Waals surface area (Å²) in [5.41, 5.74) is 2.54. The zero-order valence-electron chi connectivity index (χ0n) is 10.5. The lowest BCUT2D eigenvalue weighted by atomic mass is 10.00. The van der Waals surface area contributed by atoms with Crippen LogP contribution in [0.25, 0.3) is 6.08 Å². The second-order valence-corrected chi connectivity index (χ2v) is 5.46. The van der Waals surface area contributed by atoms with Crippen molar-refractivity contribution in [1.82, 2.24) is 5.32 Å². The molecule has 0 saturated heterocycles. The van der Waals surface area contributed by atoms with E-state index in [4.69, 9.17) is 11.6 Å². The number of benzene rings is 1. The first kappa shape index (κ1) is 12.7. The molecule has 1 aliphatic rings. The van der Waals surface area contributed by atoms with E-state index in [1.807, 2.05) is 18.2 Å². The minimum Gasteiger partial charge on any atom is -0.310 e. The molecule has 1 saturated carbocycles. The summed E-state index contributed by atoms with van der Waals surface area (Å²) in [4.78, 5) is 0. The standard InChI is InChI=1S/C15H20ClN/c1-11(2)13(10-17-14-7-8-14)9-12-5-3-4-6-15(12)16/h3-6,9,11,14,17H,7-8,10H2,1-2H3. The summed E-state index contributed by atoms with van der Waals surface area (Å²) >= 11 is 6.18. The third-order valence-corrected chi connectivity index (χ3v) is 3.50. The van der Waals surface area contributed by atoms with Gasteiger partial charge in [0, 0.05) is 17.6 Å². The number of halogens is 1. The van der Waals surface area contributed by atoms with E-state index in [0.717, 1.165) is 23.2 Å². The monoisotopic (exact) mass is 249 g/mol. The molecule has 2 heteroatoms. The van der Waals surface area contributed by atoms with Crippen LogP contribution < -0.4 is 5.32 Å². The van der Waals surface area contributed by atoms with Gasteiger partial charge in [-0.2, -0.15) is 0 Å². The van der Waals surface area contributed by atoms with Crippen molar-refractivity contribution < 1.29 is 0 Å². The van der Waals surface area contributed by atoms with Crippen LogP contribution in [0.5, 0.6) is 0 Å². The van der Waals surface area contributed by atoms with E-state index < -0.39 is 0 Å². The van der Waals surface area contributed by atoms with Crippen molar-refractivity contribution in [2.45, 2.75) is 32.7 Å². The highest BCUT2D eigenvalue weighted by molar-refractivity contribution is 6.32. The van der Waals surface area contributed by atoms with Crippen LogP contribution in [0.4, 0.5) is 0 Å². The smallest absolute Gasteiger partial charge is 0.0478 e. The Morgan fingerprint density at radius 2 is 2.12 bits per heavy atom. The molecule has 0 aromatic heterocycles. The van der Waals surface area contributed by atoms with Crippen LogP contribution in [0.3, 0.4) is 0 Å². The van der Waals surface area contributed by atoms with Gasteiger partial charge in [0.25, 0.3) is 0 Å². The summed E-state index contributed by atoms with van der Waals surface area (Å²) in [6.07, 6.45) is 4.89. The van der Waals surface area contributed by atoms with E-state index in [1.165, 1.54) is 18.4 Å². The lowest BCUT2D eigenvalue weighted by Gasteiger charge is -2.13. The summed E-state index contributed by atoms with van der Waals surface area (Å²) in [6.45, 7) is 5.45. The Bertz CT molecular complexity index is 405. The Kier molecular flexibility index (Phi) is 4.25. The van der Waals surface area contributed by atoms with Crippen molar-refractivity contribution in [3.05, 3.63) is 40.4 Å². The summed E-state index contributed by atoms with van der Waals surface area (Å²) in [7, 11) is 0. The van der Waals surface area contributed by atoms with Gasteiger partial charge >= 0.3 is 0 Å². The quantitative estimate of drug-likeness (QED) is 0.827. The number of hydrogen-bond donors (Lipinski definition) is 1. The van der Waals surface area contributed by atoms with Crippen molar-refractivity contribution in [1.29, 1.82) is 0 Å². The van der Waals surface area contributed by atoms with Gasteiger partial charge in [0.2, 0.25) is 0 Å². The molecule has 0 aliphatic heterocycles. The lowest BCUT2D eigenvalue weighted by Crippen LogP contribution is -2.21. The third-order valence-electron chi connectivity index (χ3n) is 3.16. The van der Waals surface area contributed by atoms with Crippen molar-refractivity contribution >= 4 is 17.7 Å². The lowest BCUT2D eigenvalue weighted by molar-refractivity contribution is 0.662. The van der Waals surface area contributed by atoms with E-state index in [0.29, 0.717) is 5.92 Å². The maximum atomic E-state index is 6.18. The Morgan fingerprint density at radius 3 is 2.71 bits per heavy atom. The highest BCUT2D eigenvalue weighted by Gasteiger charge is 2.20. The fraction of sp³-hybridized carbons (Fsp3) is 0.467. The second-order valence-electron chi connectivity index (χ2n) is 5.05. The van der Waals surface area contributed by atoms with Gasteiger partial charge in [0.05, 0.1) is 0 Å². The molecule has 0 bridgehead atoms. The Hall–Kier alpha value is -0.790. The first-order valence-corrected chi connectivity index (χ1v) is 6.73. The number of hydrogen-bond acceptors (Lipinski definition) is 1. The third kappa shape index (κ3) is 3.86. The van der Waals surface area contributed by atoms with E-state index in [9.17, 15) is 0 Å². The highest BCUT2D eigenvalue weighted by atomic mass is 35.5. The van der Waals surface area contributed by atoms with Crippen molar-refractivity contribution in [2.24, 2.45) is 5.92 Å². The topological polar surface area (TPSA) is 12.0 Å². The molecule has 0 radical (unpaired) electrons. The molecule has 0 atom stereocenters. The first-order valence-electron chi connectivity index (χ1n) is 6.35. The predicted molar refractivity (Wildman–Crippen MR) is 75.3 cm³/mol. The van der Waals surface area contributed by atoms with Crippen molar-refractivity contribution in [2.75, 3.05) is 6.54 Å². The Labute approximate surface area is 109 Å². The molecule has 0 unspecified atom stereocenters. The summed E-state index contributed by atoms with van der Waals surface area (Å²) in [5.74, 6) is 0.553. The van der Waals surface area contributed by atoms with Crippen LogP contribution in [0.1, 0.15) is 32.3 Å². The average Bonchev–Trinajstić information content (AvgIpc) is 3.10. The number of rotatable bonds is 5. The van der Waals surface area contributed by atoms with Gasteiger partial charge in [0.1, 0.15) is 0 Å². The second kappa shape index (κ2) is 5.70. The Balaban J connectivity index is 2.10. The minimum absolute atomic E-state index is 0.553. The molecule has 17 heavy (non-hydrogen) atoms. The molecule has 0 heterocycles. The van der Waals surface area contributed by atoms with E-state index in [-0.39, 0.29) is 0 Å². The van der Waals surface area contributed by atoms with Crippen LogP contribution >= 0.6 is 11.6 Å². The van der Waals surface area contributed by atoms with Gasteiger partial charge in [-0.25, -0.2) is 0 Å². The van der Waals surface area contributed by atoms with Crippen LogP contribution in [-0.2, 0) is 0 Å². The average molecular weight is 250 g/mol. The summed E-state index contributed by atoms with van der Waals surface area (Å²) < 4.78 is 0. The molecule has 1 fully saturated rings. The van der Waals surface area contributed by atoms with E-state index in [2.05, 4.69) is 31.3 Å². The molecule has 92 valence electrons. The van der Waals surface area contributed by atoms with E-state index in [1.54, 1.807) is 0 Å². The van der Waals surface area contributed by atoms with Crippen LogP contribution in [0.15, 0.2) is 29.8 Å². The maximum Gasteiger partial charge on any atom is 0.0478 e. The molecule has 1 aromatic rings. The van der Waals surface area contributed by atoms with Gasteiger partial charge < -0.3 is 5.32 Å². The van der Waals surface area contributed by atoms with Gasteiger partial charge in [-0.1, -0.05) is 55.3 Å². The molecule has 1 nitrogen and oxygen atoms in total. The zero-order chi connectivity index (χ0) is 12.3. The Morgan fingerprint density at radius 1 is 1.41 bits per heavy atom. The zero-order valence-corrected chi connectivity index (χ0v) is 11.3. The minimum atomic E-state index is 0.553. The van der Waals surface area contributed by atoms with Crippen LogP contribution in [0, 0.1) is 5.92 Å². The first-order chi connectivity index (χ1) is 8.16. The molecule has 1 aromatic carbocycles. The maximum absolute atomic E-state index is 6.18. The largest absolute Gasteiger partial charge is 0.310 e. The van der Waals surface area contributed by atoms with Gasteiger partial charge in [-0.15, -0.1) is 0 Å². The normalized spacial score (nSPS) is 16.6. The molecular weight excluding hydrogens is 230 g/mol. The molecule has 2 rings (SSSR count). The SMILES string of the molecule is CC(C)C(=Cc1ccccc1Cl)CNC1CC1. The molecule has 1 N–H and O–H groups in total. The van der Waals surface area contributed by atoms with Crippen molar-refractivity contribution in [3.63, 3.8) is 0 Å². The van der Waals surface area contributed by atoms with Gasteiger partial charge in [-0.3, -0.25) is 0 Å². The molecular formula is C15H20ClN. The molecule has 0 amide bonds. The highest BCUT2D eigenvalue weighted by Crippen LogP contribution is 2.23. The predicted octanol–water partition coefficient (Wildman–Crippen LogP) is 4.13. The van der Waals surface area contributed by atoms with E-state index >= 15 is 0 Å². The molecule has 0 spiro atoms. The van der Waals surface area contributed by atoms with Gasteiger partial charge in [-0.05, 0) is 30.4 Å². The van der Waals surface area contributed by atoms with Gasteiger partial charge in [0.15, 0.2) is 0 Å².